The van der Waals surface area contributed by atoms with Crippen LogP contribution in [0.4, 0.5) is 23.0 Å². The smallest absolute Gasteiger partial charge is 0.255 e. The Balaban J connectivity index is 1.20. The summed E-state index contributed by atoms with van der Waals surface area (Å²) < 4.78 is 0. The zero-order valence-corrected chi connectivity index (χ0v) is 18.5. The molecule has 4 N–H and O–H groups in total. The van der Waals surface area contributed by atoms with Gasteiger partial charge in [0, 0.05) is 51.4 Å². The van der Waals surface area contributed by atoms with Gasteiger partial charge in [0.15, 0.2) is 0 Å². The Kier molecular flexibility index (Phi) is 4.96. The van der Waals surface area contributed by atoms with Crippen molar-refractivity contribution in [2.45, 2.75) is 6.42 Å². The average Bonchev–Trinajstić information content (AvgIpc) is 3.28. The lowest BCUT2D eigenvalue weighted by Crippen LogP contribution is -2.12. The first-order chi connectivity index (χ1) is 17.1. The number of hydrogen-bond donors (Lipinski definition) is 4. The third kappa shape index (κ3) is 4.08. The van der Waals surface area contributed by atoms with E-state index in [1.807, 2.05) is 54.7 Å². The average molecular weight is 460 g/mol. The molecule has 2 aromatic heterocycles. The zero-order valence-electron chi connectivity index (χ0n) is 18.5. The number of amides is 2. The van der Waals surface area contributed by atoms with Crippen molar-refractivity contribution in [2.24, 2.45) is 0 Å². The number of carbonyl (C=O) groups is 2. The summed E-state index contributed by atoms with van der Waals surface area (Å²) in [6.07, 6.45) is 3.76. The summed E-state index contributed by atoms with van der Waals surface area (Å²) in [7, 11) is 0. The number of hydrogen-bond acceptors (Lipinski definition) is 5. The van der Waals surface area contributed by atoms with Crippen molar-refractivity contribution in [3.63, 3.8) is 0 Å². The molecule has 0 unspecified atom stereocenters. The zero-order chi connectivity index (χ0) is 23.8. The highest BCUT2D eigenvalue weighted by molar-refractivity contribution is 6.05. The van der Waals surface area contributed by atoms with Crippen molar-refractivity contribution in [1.82, 2.24) is 15.0 Å². The lowest BCUT2D eigenvalue weighted by Gasteiger charge is -2.11. The molecule has 8 nitrogen and oxygen atoms in total. The fourth-order valence-corrected chi connectivity index (χ4v) is 4.16. The van der Waals surface area contributed by atoms with E-state index >= 15 is 0 Å². The van der Waals surface area contributed by atoms with E-state index in [4.69, 9.17) is 0 Å². The van der Waals surface area contributed by atoms with Crippen molar-refractivity contribution in [3.8, 4) is 11.3 Å². The normalized spacial score (nSPS) is 12.3. The molecule has 1 aliphatic heterocycles. The second-order valence-electron chi connectivity index (χ2n) is 8.27. The molecule has 2 amide bonds. The molecule has 1 aliphatic rings. The minimum Gasteiger partial charge on any atom is -0.361 e. The Morgan fingerprint density at radius 2 is 1.77 bits per heavy atom. The molecule has 35 heavy (non-hydrogen) atoms. The standard InChI is InChI=1S/C27H20N6O2/c34-24-14-18-15-29-27(33-25(18)21-3-1-2-4-23(21)32-24)31-19-7-5-16(6-8-19)26(35)30-20-9-10-22-17(13-20)11-12-28-22/h1-13,15,28H,14H2,(H,30,35)(H,32,34)(H,29,31,33). The molecular weight excluding hydrogens is 440 g/mol. The van der Waals surface area contributed by atoms with E-state index in [0.29, 0.717) is 17.2 Å². The number of aromatic nitrogens is 3. The Morgan fingerprint density at radius 3 is 2.66 bits per heavy atom. The monoisotopic (exact) mass is 460 g/mol. The van der Waals surface area contributed by atoms with Crippen LogP contribution in [0.15, 0.2) is 85.2 Å². The summed E-state index contributed by atoms with van der Waals surface area (Å²) in [6, 6.07) is 22.4. The van der Waals surface area contributed by atoms with Gasteiger partial charge >= 0.3 is 0 Å². The highest BCUT2D eigenvalue weighted by atomic mass is 16.2. The molecule has 0 aliphatic carbocycles. The number of nitrogens with one attached hydrogen (secondary N) is 4. The second-order valence-corrected chi connectivity index (χ2v) is 8.27. The van der Waals surface area contributed by atoms with Crippen molar-refractivity contribution in [3.05, 3.63) is 96.3 Å². The molecule has 0 atom stereocenters. The van der Waals surface area contributed by atoms with Gasteiger partial charge in [0.25, 0.3) is 5.91 Å². The van der Waals surface area contributed by atoms with Crippen molar-refractivity contribution >= 4 is 45.7 Å². The molecule has 5 aromatic rings. The van der Waals surface area contributed by atoms with Crippen LogP contribution in [0.1, 0.15) is 15.9 Å². The van der Waals surface area contributed by atoms with Crippen molar-refractivity contribution in [2.75, 3.05) is 16.0 Å². The van der Waals surface area contributed by atoms with Gasteiger partial charge in [0.1, 0.15) is 0 Å². The van der Waals surface area contributed by atoms with Crippen LogP contribution in [0.5, 0.6) is 0 Å². The van der Waals surface area contributed by atoms with Gasteiger partial charge in [-0.3, -0.25) is 9.59 Å². The maximum atomic E-state index is 12.7. The van der Waals surface area contributed by atoms with E-state index in [0.717, 1.165) is 39.1 Å². The number of fused-ring (bicyclic) bond motifs is 4. The van der Waals surface area contributed by atoms with E-state index in [-0.39, 0.29) is 18.2 Å². The predicted octanol–water partition coefficient (Wildman–Crippen LogP) is 5.12. The molecule has 6 rings (SSSR count). The molecule has 0 saturated carbocycles. The van der Waals surface area contributed by atoms with E-state index in [1.54, 1.807) is 30.5 Å². The van der Waals surface area contributed by atoms with E-state index in [1.165, 1.54) is 0 Å². The molecule has 170 valence electrons. The highest BCUT2D eigenvalue weighted by Crippen LogP contribution is 2.32. The predicted molar refractivity (Wildman–Crippen MR) is 136 cm³/mol. The molecule has 3 aromatic carbocycles. The maximum Gasteiger partial charge on any atom is 0.255 e. The summed E-state index contributed by atoms with van der Waals surface area (Å²) in [5.41, 5.74) is 6.09. The van der Waals surface area contributed by atoms with Crippen LogP contribution in [0.25, 0.3) is 22.2 Å². The molecule has 0 saturated heterocycles. The Bertz CT molecular complexity index is 1590. The fraction of sp³-hybridized carbons (Fsp3) is 0.0370. The van der Waals surface area contributed by atoms with Gasteiger partial charge in [-0.25, -0.2) is 9.97 Å². The maximum absolute atomic E-state index is 12.7. The molecule has 3 heterocycles. The van der Waals surface area contributed by atoms with Crippen LogP contribution < -0.4 is 16.0 Å². The number of aromatic amines is 1. The van der Waals surface area contributed by atoms with Gasteiger partial charge in [-0.2, -0.15) is 0 Å². The number of rotatable bonds is 4. The Hall–Kier alpha value is -4.98. The van der Waals surface area contributed by atoms with E-state index in [2.05, 4.69) is 30.9 Å². The number of H-pyrrole nitrogens is 1. The van der Waals surface area contributed by atoms with E-state index in [9.17, 15) is 9.59 Å². The van der Waals surface area contributed by atoms with E-state index < -0.39 is 0 Å². The Morgan fingerprint density at radius 1 is 0.943 bits per heavy atom. The van der Waals surface area contributed by atoms with Gasteiger partial charge in [-0.1, -0.05) is 18.2 Å². The first-order valence-electron chi connectivity index (χ1n) is 11.1. The third-order valence-corrected chi connectivity index (χ3v) is 5.89. The molecule has 8 heteroatoms. The lowest BCUT2D eigenvalue weighted by molar-refractivity contribution is -0.115. The molecule has 0 bridgehead atoms. The van der Waals surface area contributed by atoms with Crippen molar-refractivity contribution in [1.29, 1.82) is 0 Å². The van der Waals surface area contributed by atoms with Gasteiger partial charge in [0.2, 0.25) is 11.9 Å². The molecule has 0 spiro atoms. The van der Waals surface area contributed by atoms with Crippen LogP contribution in [-0.2, 0) is 11.2 Å². The first-order valence-corrected chi connectivity index (χ1v) is 11.1. The summed E-state index contributed by atoms with van der Waals surface area (Å²) >= 11 is 0. The van der Waals surface area contributed by atoms with Gasteiger partial charge in [-0.05, 0) is 54.6 Å². The van der Waals surface area contributed by atoms with Crippen LogP contribution >= 0.6 is 0 Å². The minimum atomic E-state index is -0.193. The van der Waals surface area contributed by atoms with Crippen LogP contribution in [0, 0.1) is 0 Å². The quantitative estimate of drug-likeness (QED) is 0.298. The molecule has 0 radical (unpaired) electrons. The molecule has 0 fully saturated rings. The van der Waals surface area contributed by atoms with Gasteiger partial charge in [0.05, 0.1) is 17.8 Å². The number of anilines is 4. The van der Waals surface area contributed by atoms with Crippen LogP contribution in [0.3, 0.4) is 0 Å². The number of nitrogens with zero attached hydrogens (tertiary/aromatic N) is 2. The first kappa shape index (κ1) is 20.6. The van der Waals surface area contributed by atoms with Crippen LogP contribution in [0.2, 0.25) is 0 Å². The fourth-order valence-electron chi connectivity index (χ4n) is 4.16. The minimum absolute atomic E-state index is 0.0950. The summed E-state index contributed by atoms with van der Waals surface area (Å²) in [5, 5.41) is 10.1. The number of benzene rings is 3. The lowest BCUT2D eigenvalue weighted by atomic mass is 10.1. The SMILES string of the molecule is O=C1Cc2cnc(Nc3ccc(C(=O)Nc4ccc5[nH]ccc5c4)cc3)nc2-c2ccccc2N1. The summed E-state index contributed by atoms with van der Waals surface area (Å²) in [5.74, 6) is 0.119. The summed E-state index contributed by atoms with van der Waals surface area (Å²) in [4.78, 5) is 37.1. The Labute approximate surface area is 200 Å². The largest absolute Gasteiger partial charge is 0.361 e. The van der Waals surface area contributed by atoms with Gasteiger partial charge < -0.3 is 20.9 Å². The topological polar surface area (TPSA) is 112 Å². The van der Waals surface area contributed by atoms with Crippen LogP contribution in [-0.4, -0.2) is 26.8 Å². The number of para-hydroxylation sites is 1. The third-order valence-electron chi connectivity index (χ3n) is 5.89. The molecular formula is C27H20N6O2. The number of carbonyl (C=O) groups excluding carboxylic acids is 2. The summed E-state index contributed by atoms with van der Waals surface area (Å²) in [6.45, 7) is 0. The second kappa shape index (κ2) is 8.42. The van der Waals surface area contributed by atoms with Gasteiger partial charge in [-0.15, -0.1) is 0 Å². The van der Waals surface area contributed by atoms with Crippen molar-refractivity contribution < 1.29 is 9.59 Å². The highest BCUT2D eigenvalue weighted by Gasteiger charge is 2.20.